The monoisotopic (exact) mass is 496 g/mol. The Morgan fingerprint density at radius 2 is 1.69 bits per heavy atom. The molecule has 5 fully saturated rings. The minimum absolute atomic E-state index is 0. The quantitative estimate of drug-likeness (QED) is 0.578. The van der Waals surface area contributed by atoms with Crippen LogP contribution in [0.25, 0.3) is 0 Å². The molecule has 0 unspecified atom stereocenters. The number of carbonyl (C=O) groups is 1. The fraction of sp³-hybridized carbons (Fsp3) is 0.667. The van der Waals surface area contributed by atoms with Gasteiger partial charge in [0, 0.05) is 38.3 Å². The van der Waals surface area contributed by atoms with E-state index in [1.807, 2.05) is 18.2 Å². The summed E-state index contributed by atoms with van der Waals surface area (Å²) in [4.78, 5) is 17.4. The summed E-state index contributed by atoms with van der Waals surface area (Å²) in [5.41, 5.74) is 2.09. The van der Waals surface area contributed by atoms with Crippen LogP contribution in [0, 0.1) is 23.2 Å². The summed E-state index contributed by atoms with van der Waals surface area (Å²) < 4.78 is 0. The van der Waals surface area contributed by atoms with Gasteiger partial charge < -0.3 is 20.4 Å². The molecular formula is C24H34Cl2N4OS. The van der Waals surface area contributed by atoms with Gasteiger partial charge in [0.1, 0.15) is 0 Å². The molecule has 8 heteroatoms. The van der Waals surface area contributed by atoms with Crippen LogP contribution in [0.5, 0.6) is 0 Å². The minimum Gasteiger partial charge on any atom is -0.368 e. The lowest BCUT2D eigenvalue weighted by Gasteiger charge is -2.56. The highest BCUT2D eigenvalue weighted by molar-refractivity contribution is 7.80. The Morgan fingerprint density at radius 1 is 1.09 bits per heavy atom. The van der Waals surface area contributed by atoms with E-state index in [1.54, 1.807) is 0 Å². The van der Waals surface area contributed by atoms with Crippen molar-refractivity contribution in [2.24, 2.45) is 23.2 Å². The summed E-state index contributed by atoms with van der Waals surface area (Å²) >= 11 is 12.0. The zero-order valence-electron chi connectivity index (χ0n) is 18.7. The first-order valence-corrected chi connectivity index (χ1v) is 12.5. The number of nitrogens with one attached hydrogen (secondary N) is 2. The van der Waals surface area contributed by atoms with Crippen molar-refractivity contribution in [3.8, 4) is 0 Å². The molecule has 1 saturated heterocycles. The zero-order valence-corrected chi connectivity index (χ0v) is 21.1. The summed E-state index contributed by atoms with van der Waals surface area (Å²) in [5, 5.41) is 7.14. The Bertz CT molecular complexity index is 836. The standard InChI is InChI=1S/C24H33ClN4OS.ClH/c1-28-4-6-29(7-5-28)21-3-2-19(11-20(21)25)26-23(31)27-22(30)15-24-12-16-8-17(13-24)10-18(9-16)14-24;/h2-3,11,16-18H,4-10,12-15H2,1H3,(H2,26,27,30,31);1H. The molecule has 0 aromatic heterocycles. The Kier molecular flexibility index (Phi) is 7.26. The van der Waals surface area contributed by atoms with Crippen molar-refractivity contribution in [1.29, 1.82) is 0 Å². The van der Waals surface area contributed by atoms with Crippen molar-refractivity contribution in [1.82, 2.24) is 10.2 Å². The number of amides is 1. The van der Waals surface area contributed by atoms with Crippen LogP contribution in [0.2, 0.25) is 5.02 Å². The van der Waals surface area contributed by atoms with E-state index >= 15 is 0 Å². The van der Waals surface area contributed by atoms with E-state index in [-0.39, 0.29) is 23.7 Å². The third kappa shape index (κ3) is 5.19. The average Bonchev–Trinajstić information content (AvgIpc) is 2.67. The first-order valence-electron chi connectivity index (χ1n) is 11.7. The second-order valence-electron chi connectivity index (χ2n) is 10.6. The van der Waals surface area contributed by atoms with E-state index in [4.69, 9.17) is 23.8 Å². The molecule has 0 spiro atoms. The van der Waals surface area contributed by atoms with E-state index in [0.29, 0.717) is 16.6 Å². The molecule has 4 bridgehead atoms. The smallest absolute Gasteiger partial charge is 0.226 e. The number of hydrogen-bond acceptors (Lipinski definition) is 4. The third-order valence-corrected chi connectivity index (χ3v) is 8.51. The molecule has 5 nitrogen and oxygen atoms in total. The van der Waals surface area contributed by atoms with Crippen LogP contribution < -0.4 is 15.5 Å². The molecule has 0 atom stereocenters. The predicted octanol–water partition coefficient (Wildman–Crippen LogP) is 4.93. The van der Waals surface area contributed by atoms with Gasteiger partial charge in [-0.25, -0.2) is 0 Å². The predicted molar refractivity (Wildman–Crippen MR) is 138 cm³/mol. The van der Waals surface area contributed by atoms with Crippen LogP contribution in [0.15, 0.2) is 18.2 Å². The van der Waals surface area contributed by atoms with Crippen molar-refractivity contribution < 1.29 is 4.79 Å². The minimum atomic E-state index is 0. The Balaban J connectivity index is 0.00000245. The van der Waals surface area contributed by atoms with Crippen molar-refractivity contribution in [3.05, 3.63) is 23.2 Å². The number of hydrogen-bond donors (Lipinski definition) is 2. The molecular weight excluding hydrogens is 463 g/mol. The fourth-order valence-corrected chi connectivity index (χ4v) is 7.60. The number of piperazine rings is 1. The van der Waals surface area contributed by atoms with Crippen LogP contribution in [-0.2, 0) is 4.79 Å². The summed E-state index contributed by atoms with van der Waals surface area (Å²) in [6.07, 6.45) is 8.49. The van der Waals surface area contributed by atoms with Crippen molar-refractivity contribution in [2.75, 3.05) is 43.4 Å². The molecule has 1 aliphatic heterocycles. The molecule has 32 heavy (non-hydrogen) atoms. The molecule has 5 aliphatic rings. The van der Waals surface area contributed by atoms with E-state index in [0.717, 1.165) is 55.3 Å². The van der Waals surface area contributed by atoms with Gasteiger partial charge in [0.15, 0.2) is 5.11 Å². The van der Waals surface area contributed by atoms with Crippen LogP contribution >= 0.6 is 36.2 Å². The van der Waals surface area contributed by atoms with Gasteiger partial charge in [-0.15, -0.1) is 12.4 Å². The second kappa shape index (κ2) is 9.65. The number of nitrogens with zero attached hydrogens (tertiary/aromatic N) is 2. The molecule has 176 valence electrons. The van der Waals surface area contributed by atoms with Gasteiger partial charge >= 0.3 is 0 Å². The van der Waals surface area contributed by atoms with Crippen molar-refractivity contribution in [3.63, 3.8) is 0 Å². The van der Waals surface area contributed by atoms with Gasteiger partial charge in [-0.05, 0) is 99.2 Å². The molecule has 0 radical (unpaired) electrons. The van der Waals surface area contributed by atoms with Crippen LogP contribution in [-0.4, -0.2) is 49.1 Å². The molecule has 1 aromatic rings. The lowest BCUT2D eigenvalue weighted by Crippen LogP contribution is -2.48. The molecule has 1 amide bonds. The first kappa shape index (κ1) is 24.1. The van der Waals surface area contributed by atoms with E-state index < -0.39 is 0 Å². The van der Waals surface area contributed by atoms with E-state index in [2.05, 4.69) is 27.5 Å². The van der Waals surface area contributed by atoms with Gasteiger partial charge in [-0.2, -0.15) is 0 Å². The summed E-state index contributed by atoms with van der Waals surface area (Å²) in [6, 6.07) is 5.92. The number of carbonyl (C=O) groups excluding carboxylic acids is 1. The maximum Gasteiger partial charge on any atom is 0.226 e. The highest BCUT2D eigenvalue weighted by atomic mass is 35.5. The van der Waals surface area contributed by atoms with Gasteiger partial charge in [-0.1, -0.05) is 11.6 Å². The van der Waals surface area contributed by atoms with Gasteiger partial charge in [0.25, 0.3) is 0 Å². The number of likely N-dealkylation sites (N-methyl/N-ethyl adjacent to an activating group) is 1. The summed E-state index contributed by atoms with van der Waals surface area (Å²) in [5.74, 6) is 2.61. The molecule has 4 saturated carbocycles. The molecule has 1 aromatic carbocycles. The summed E-state index contributed by atoms with van der Waals surface area (Å²) in [6.45, 7) is 4.02. The van der Waals surface area contributed by atoms with Gasteiger partial charge in [-0.3, -0.25) is 4.79 Å². The third-order valence-electron chi connectivity index (χ3n) is 8.00. The highest BCUT2D eigenvalue weighted by Crippen LogP contribution is 2.61. The van der Waals surface area contributed by atoms with E-state index in [9.17, 15) is 4.79 Å². The maximum atomic E-state index is 12.8. The fourth-order valence-electron chi connectivity index (χ4n) is 7.07. The molecule has 4 aliphatic carbocycles. The number of anilines is 2. The Morgan fingerprint density at radius 3 is 2.25 bits per heavy atom. The van der Waals surface area contributed by atoms with Crippen molar-refractivity contribution in [2.45, 2.75) is 44.9 Å². The first-order chi connectivity index (χ1) is 14.9. The normalized spacial score (nSPS) is 31.2. The Hall–Kier alpha value is -1.08. The number of benzene rings is 1. The summed E-state index contributed by atoms with van der Waals surface area (Å²) in [7, 11) is 2.14. The number of thiocarbonyl (C=S) groups is 1. The molecule has 6 rings (SSSR count). The lowest BCUT2D eigenvalue weighted by atomic mass is 9.49. The SMILES string of the molecule is CN1CCN(c2ccc(NC(=S)NC(=O)CC34CC5CC(CC(C5)C3)C4)cc2Cl)CC1.Cl. The van der Waals surface area contributed by atoms with Gasteiger partial charge in [0.05, 0.1) is 10.7 Å². The van der Waals surface area contributed by atoms with Crippen LogP contribution in [0.4, 0.5) is 11.4 Å². The van der Waals surface area contributed by atoms with Crippen LogP contribution in [0.1, 0.15) is 44.9 Å². The second-order valence-corrected chi connectivity index (χ2v) is 11.4. The van der Waals surface area contributed by atoms with Crippen molar-refractivity contribution >= 4 is 58.6 Å². The van der Waals surface area contributed by atoms with E-state index in [1.165, 1.54) is 38.5 Å². The molecule has 2 N–H and O–H groups in total. The molecule has 1 heterocycles. The average molecular weight is 498 g/mol. The maximum absolute atomic E-state index is 12.8. The lowest BCUT2D eigenvalue weighted by molar-refractivity contribution is -0.127. The largest absolute Gasteiger partial charge is 0.368 e. The number of rotatable bonds is 4. The van der Waals surface area contributed by atoms with Gasteiger partial charge in [0.2, 0.25) is 5.91 Å². The Labute approximate surface area is 208 Å². The van der Waals surface area contributed by atoms with Crippen LogP contribution in [0.3, 0.4) is 0 Å². The zero-order chi connectivity index (χ0) is 21.6. The number of halogens is 2. The topological polar surface area (TPSA) is 47.6 Å². The highest BCUT2D eigenvalue weighted by Gasteiger charge is 2.51.